The Labute approximate surface area is 92.6 Å². The molecule has 0 heterocycles. The number of nitrogen functional groups attached to an aromatic ring is 1. The van der Waals surface area contributed by atoms with Gasteiger partial charge in [-0.1, -0.05) is 18.2 Å². The summed E-state index contributed by atoms with van der Waals surface area (Å²) in [7, 11) is 1.13. The molecule has 0 saturated heterocycles. The second kappa shape index (κ2) is 5.45. The Kier molecular flexibility index (Phi) is 4.24. The van der Waals surface area contributed by atoms with Crippen molar-refractivity contribution in [3.8, 4) is 0 Å². The molecule has 16 heavy (non-hydrogen) atoms. The van der Waals surface area contributed by atoms with Crippen LogP contribution < -0.4 is 11.3 Å². The van der Waals surface area contributed by atoms with Crippen LogP contribution in [0.4, 0.5) is 5.69 Å². The summed E-state index contributed by atoms with van der Waals surface area (Å²) in [5, 5.41) is 19.2. The van der Waals surface area contributed by atoms with Crippen molar-refractivity contribution in [1.82, 2.24) is 0 Å². The number of carbonyl (C=O) groups excluding carboxylic acids is 1. The lowest BCUT2D eigenvalue weighted by molar-refractivity contribution is -0.156. The maximum atomic E-state index is 11.0. The summed E-state index contributed by atoms with van der Waals surface area (Å²) in [4.78, 5) is 11.0. The highest BCUT2D eigenvalue weighted by atomic mass is 16.5. The van der Waals surface area contributed by atoms with E-state index in [1.165, 1.54) is 0 Å². The van der Waals surface area contributed by atoms with Crippen molar-refractivity contribution in [3.05, 3.63) is 29.8 Å². The molecule has 6 nitrogen and oxygen atoms in total. The van der Waals surface area contributed by atoms with E-state index in [9.17, 15) is 15.0 Å². The third-order valence-corrected chi connectivity index (χ3v) is 2.18. The van der Waals surface area contributed by atoms with Crippen LogP contribution in [0.25, 0.3) is 0 Å². The van der Waals surface area contributed by atoms with Crippen LogP contribution in [0.5, 0.6) is 0 Å². The van der Waals surface area contributed by atoms with E-state index in [-0.39, 0.29) is 0 Å². The molecule has 0 aromatic heterocycles. The molecule has 88 valence electrons. The molecule has 1 aromatic carbocycles. The van der Waals surface area contributed by atoms with E-state index in [0.717, 1.165) is 7.11 Å². The zero-order valence-corrected chi connectivity index (χ0v) is 8.75. The molecule has 0 aliphatic carbocycles. The van der Waals surface area contributed by atoms with Gasteiger partial charge in [-0.2, -0.15) is 0 Å². The van der Waals surface area contributed by atoms with Crippen molar-refractivity contribution in [2.24, 2.45) is 5.84 Å². The number of ether oxygens (including phenoxy) is 1. The van der Waals surface area contributed by atoms with Crippen molar-refractivity contribution >= 4 is 11.7 Å². The maximum Gasteiger partial charge on any atom is 0.337 e. The normalized spacial score (nSPS) is 14.0. The van der Waals surface area contributed by atoms with Gasteiger partial charge in [-0.05, 0) is 6.07 Å². The number of nitrogens with two attached hydrogens (primary N) is 1. The quantitative estimate of drug-likeness (QED) is 0.314. The van der Waals surface area contributed by atoms with Gasteiger partial charge in [0.1, 0.15) is 6.10 Å². The third kappa shape index (κ3) is 2.48. The number of esters is 1. The molecule has 0 bridgehead atoms. The van der Waals surface area contributed by atoms with Crippen molar-refractivity contribution < 1.29 is 19.7 Å². The minimum Gasteiger partial charge on any atom is -0.467 e. The monoisotopic (exact) mass is 226 g/mol. The number of anilines is 1. The number of aliphatic hydroxyl groups is 2. The summed E-state index contributed by atoms with van der Waals surface area (Å²) >= 11 is 0. The minimum absolute atomic E-state index is 0.322. The summed E-state index contributed by atoms with van der Waals surface area (Å²) in [6.45, 7) is 0. The van der Waals surface area contributed by atoms with E-state index in [1.807, 2.05) is 0 Å². The maximum absolute atomic E-state index is 11.0. The summed E-state index contributed by atoms with van der Waals surface area (Å²) in [5.74, 6) is 4.33. The van der Waals surface area contributed by atoms with Gasteiger partial charge in [-0.25, -0.2) is 4.79 Å². The highest BCUT2D eigenvalue weighted by Crippen LogP contribution is 2.24. The Balaban J connectivity index is 2.95. The first-order valence-corrected chi connectivity index (χ1v) is 4.61. The van der Waals surface area contributed by atoms with Crippen LogP contribution >= 0.6 is 0 Å². The summed E-state index contributed by atoms with van der Waals surface area (Å²) in [6, 6.07) is 6.52. The fourth-order valence-electron chi connectivity index (χ4n) is 1.31. The Morgan fingerprint density at radius 1 is 1.44 bits per heavy atom. The predicted octanol–water partition coefficient (Wildman–Crippen LogP) is -0.461. The lowest BCUT2D eigenvalue weighted by Gasteiger charge is -2.18. The SMILES string of the molecule is COC(=O)C(O)C(O)c1ccccc1NN. The third-order valence-electron chi connectivity index (χ3n) is 2.18. The Morgan fingerprint density at radius 2 is 2.06 bits per heavy atom. The van der Waals surface area contributed by atoms with Crippen molar-refractivity contribution in [2.45, 2.75) is 12.2 Å². The Morgan fingerprint density at radius 3 is 2.62 bits per heavy atom. The first-order valence-electron chi connectivity index (χ1n) is 4.61. The number of nitrogens with one attached hydrogen (secondary N) is 1. The summed E-state index contributed by atoms with van der Waals surface area (Å²) < 4.78 is 4.33. The molecule has 0 spiro atoms. The van der Waals surface area contributed by atoms with Crippen LogP contribution in [0.3, 0.4) is 0 Å². The number of benzene rings is 1. The molecule has 0 fully saturated rings. The highest BCUT2D eigenvalue weighted by Gasteiger charge is 2.27. The van der Waals surface area contributed by atoms with E-state index in [2.05, 4.69) is 10.2 Å². The molecule has 0 amide bonds. The first-order chi connectivity index (χ1) is 7.61. The smallest absolute Gasteiger partial charge is 0.337 e. The number of aliphatic hydroxyl groups excluding tert-OH is 2. The number of methoxy groups -OCH3 is 1. The standard InChI is InChI=1S/C10H14N2O4/c1-16-10(15)9(14)8(13)6-4-2-3-5-7(6)12-11/h2-5,8-9,12-14H,11H2,1H3. The Hall–Kier alpha value is -1.63. The topological polar surface area (TPSA) is 105 Å². The van der Waals surface area contributed by atoms with Crippen molar-refractivity contribution in [1.29, 1.82) is 0 Å². The first kappa shape index (κ1) is 12.4. The minimum atomic E-state index is -1.64. The lowest BCUT2D eigenvalue weighted by atomic mass is 10.0. The molecule has 0 aliphatic rings. The van der Waals surface area contributed by atoms with E-state index in [0.29, 0.717) is 11.3 Å². The van der Waals surface area contributed by atoms with Gasteiger partial charge in [0.15, 0.2) is 6.10 Å². The van der Waals surface area contributed by atoms with Gasteiger partial charge in [0.2, 0.25) is 0 Å². The molecule has 1 aromatic rings. The Bertz CT molecular complexity index is 370. The number of para-hydroxylation sites is 1. The molecule has 5 N–H and O–H groups in total. The molecule has 0 saturated carbocycles. The second-order valence-corrected chi connectivity index (χ2v) is 3.14. The fourth-order valence-corrected chi connectivity index (χ4v) is 1.31. The summed E-state index contributed by atoms with van der Waals surface area (Å²) in [6.07, 6.45) is -3.03. The van der Waals surface area contributed by atoms with Crippen molar-refractivity contribution in [3.63, 3.8) is 0 Å². The van der Waals surface area contributed by atoms with Crippen LogP contribution in [0.15, 0.2) is 24.3 Å². The number of rotatable bonds is 4. The van der Waals surface area contributed by atoms with E-state index >= 15 is 0 Å². The zero-order valence-electron chi connectivity index (χ0n) is 8.75. The van der Waals surface area contributed by atoms with Gasteiger partial charge in [0, 0.05) is 5.56 Å². The van der Waals surface area contributed by atoms with Crippen LogP contribution in [0.1, 0.15) is 11.7 Å². The highest BCUT2D eigenvalue weighted by molar-refractivity contribution is 5.75. The van der Waals surface area contributed by atoms with Gasteiger partial charge in [0.25, 0.3) is 0 Å². The molecular formula is C10H14N2O4. The fraction of sp³-hybridized carbons (Fsp3) is 0.300. The van der Waals surface area contributed by atoms with Crippen LogP contribution in [0, 0.1) is 0 Å². The average Bonchev–Trinajstić information content (AvgIpc) is 2.35. The zero-order chi connectivity index (χ0) is 12.1. The van der Waals surface area contributed by atoms with Crippen molar-refractivity contribution in [2.75, 3.05) is 12.5 Å². The number of carbonyl (C=O) groups is 1. The van der Waals surface area contributed by atoms with Gasteiger partial charge in [0.05, 0.1) is 12.8 Å². The van der Waals surface area contributed by atoms with Crippen LogP contribution in [0.2, 0.25) is 0 Å². The number of hydrazine groups is 1. The van der Waals surface area contributed by atoms with E-state index in [4.69, 9.17) is 5.84 Å². The number of hydrogen-bond acceptors (Lipinski definition) is 6. The van der Waals surface area contributed by atoms with Gasteiger partial charge < -0.3 is 20.4 Å². The molecule has 2 unspecified atom stereocenters. The largest absolute Gasteiger partial charge is 0.467 e. The molecule has 2 atom stereocenters. The molecule has 0 radical (unpaired) electrons. The van der Waals surface area contributed by atoms with E-state index < -0.39 is 18.2 Å². The predicted molar refractivity (Wildman–Crippen MR) is 57.2 cm³/mol. The van der Waals surface area contributed by atoms with Gasteiger partial charge in [-0.15, -0.1) is 0 Å². The summed E-state index contributed by atoms with van der Waals surface area (Å²) in [5.41, 5.74) is 3.12. The van der Waals surface area contributed by atoms with Crippen LogP contribution in [-0.2, 0) is 9.53 Å². The van der Waals surface area contributed by atoms with Crippen LogP contribution in [-0.4, -0.2) is 29.4 Å². The second-order valence-electron chi connectivity index (χ2n) is 3.14. The number of hydrogen-bond donors (Lipinski definition) is 4. The molecule has 6 heteroatoms. The lowest BCUT2D eigenvalue weighted by Crippen LogP contribution is -2.29. The van der Waals surface area contributed by atoms with Gasteiger partial charge >= 0.3 is 5.97 Å². The van der Waals surface area contributed by atoms with Gasteiger partial charge in [-0.3, -0.25) is 5.84 Å². The molecule has 1 rings (SSSR count). The molecular weight excluding hydrogens is 212 g/mol. The van der Waals surface area contributed by atoms with E-state index in [1.54, 1.807) is 24.3 Å². The average molecular weight is 226 g/mol. The molecule has 0 aliphatic heterocycles.